The molecular weight excluding hydrogens is 261 g/mol. The van der Waals surface area contributed by atoms with Gasteiger partial charge in [-0.1, -0.05) is 0 Å². The molecule has 0 aliphatic rings. The normalized spacial score (nSPS) is 10.3. The molecule has 0 fully saturated rings. The maximum Gasteiger partial charge on any atom is 0.244 e. The van der Waals surface area contributed by atoms with E-state index in [9.17, 15) is 4.39 Å². The summed E-state index contributed by atoms with van der Waals surface area (Å²) in [4.78, 5) is 4.26. The lowest BCUT2D eigenvalue weighted by Gasteiger charge is -2.07. The minimum absolute atomic E-state index is 0.281. The highest BCUT2D eigenvalue weighted by molar-refractivity contribution is 5.55. The fourth-order valence-electron chi connectivity index (χ4n) is 1.54. The second-order valence-corrected chi connectivity index (χ2v) is 4.07. The Labute approximate surface area is 116 Å². The van der Waals surface area contributed by atoms with Crippen molar-refractivity contribution < 1.29 is 9.13 Å². The van der Waals surface area contributed by atoms with E-state index >= 15 is 0 Å². The van der Waals surface area contributed by atoms with Crippen LogP contribution in [0.3, 0.4) is 0 Å². The third-order valence-corrected chi connectivity index (χ3v) is 2.48. The molecule has 1 aromatic heterocycles. The van der Waals surface area contributed by atoms with E-state index in [1.807, 2.05) is 0 Å². The van der Waals surface area contributed by atoms with Gasteiger partial charge < -0.3 is 15.4 Å². The summed E-state index contributed by atoms with van der Waals surface area (Å²) in [5.74, 6) is 0.700. The van der Waals surface area contributed by atoms with Crippen molar-refractivity contribution in [3.05, 3.63) is 36.3 Å². The van der Waals surface area contributed by atoms with Crippen molar-refractivity contribution in [2.45, 2.75) is 6.42 Å². The van der Waals surface area contributed by atoms with Gasteiger partial charge in [0.15, 0.2) is 5.82 Å². The summed E-state index contributed by atoms with van der Waals surface area (Å²) in [5, 5.41) is 13.8. The van der Waals surface area contributed by atoms with Gasteiger partial charge in [0, 0.05) is 25.9 Å². The molecule has 0 aliphatic carbocycles. The summed E-state index contributed by atoms with van der Waals surface area (Å²) in [5.41, 5.74) is 0.734. The molecule has 0 bridgehead atoms. The predicted molar refractivity (Wildman–Crippen MR) is 74.5 cm³/mol. The van der Waals surface area contributed by atoms with Crippen LogP contribution in [0.15, 0.2) is 30.5 Å². The molecular formula is C13H16FN5O. The first-order chi connectivity index (χ1) is 9.78. The van der Waals surface area contributed by atoms with E-state index in [0.29, 0.717) is 24.9 Å². The van der Waals surface area contributed by atoms with Crippen LogP contribution in [-0.2, 0) is 4.74 Å². The third kappa shape index (κ3) is 4.43. The van der Waals surface area contributed by atoms with E-state index in [1.165, 1.54) is 18.3 Å². The molecule has 106 valence electrons. The lowest BCUT2D eigenvalue weighted by Crippen LogP contribution is -2.09. The molecule has 1 heterocycles. The van der Waals surface area contributed by atoms with E-state index < -0.39 is 0 Å². The summed E-state index contributed by atoms with van der Waals surface area (Å²) >= 11 is 0. The van der Waals surface area contributed by atoms with Crippen LogP contribution in [-0.4, -0.2) is 35.4 Å². The molecule has 0 unspecified atom stereocenters. The second kappa shape index (κ2) is 7.34. The lowest BCUT2D eigenvalue weighted by atomic mass is 10.3. The maximum absolute atomic E-state index is 12.8. The van der Waals surface area contributed by atoms with Gasteiger partial charge in [-0.05, 0) is 30.7 Å². The van der Waals surface area contributed by atoms with Gasteiger partial charge in [-0.3, -0.25) is 0 Å². The molecule has 0 saturated heterocycles. The van der Waals surface area contributed by atoms with Gasteiger partial charge in [0.25, 0.3) is 0 Å². The van der Waals surface area contributed by atoms with E-state index in [1.54, 1.807) is 19.2 Å². The van der Waals surface area contributed by atoms with Gasteiger partial charge in [0.1, 0.15) is 5.82 Å². The molecule has 0 radical (unpaired) electrons. The first-order valence-corrected chi connectivity index (χ1v) is 6.23. The number of hydrogen-bond acceptors (Lipinski definition) is 6. The topological polar surface area (TPSA) is 72.0 Å². The molecule has 0 amide bonds. The molecule has 1 aromatic carbocycles. The molecule has 0 spiro atoms. The van der Waals surface area contributed by atoms with Crippen molar-refractivity contribution in [2.75, 3.05) is 30.9 Å². The van der Waals surface area contributed by atoms with E-state index in [0.717, 1.165) is 12.1 Å². The van der Waals surface area contributed by atoms with Crippen LogP contribution in [0.1, 0.15) is 6.42 Å². The highest BCUT2D eigenvalue weighted by Gasteiger charge is 2.01. The highest BCUT2D eigenvalue weighted by Crippen LogP contribution is 2.14. The summed E-state index contributed by atoms with van der Waals surface area (Å²) < 4.78 is 17.8. The van der Waals surface area contributed by atoms with Crippen molar-refractivity contribution in [1.82, 2.24) is 15.2 Å². The van der Waals surface area contributed by atoms with Gasteiger partial charge >= 0.3 is 0 Å². The Morgan fingerprint density at radius 1 is 1.25 bits per heavy atom. The van der Waals surface area contributed by atoms with Crippen LogP contribution in [0.2, 0.25) is 0 Å². The standard InChI is InChI=1S/C13H16FN5O/c1-20-8-2-7-15-13-18-12(9-16-19-13)17-11-5-3-10(14)4-6-11/h3-6,9H,2,7-8H2,1H3,(H2,15,17,18,19). The Morgan fingerprint density at radius 2 is 2.05 bits per heavy atom. The van der Waals surface area contributed by atoms with Crippen molar-refractivity contribution in [3.8, 4) is 0 Å². The van der Waals surface area contributed by atoms with E-state index in [2.05, 4.69) is 25.8 Å². The van der Waals surface area contributed by atoms with Crippen molar-refractivity contribution >= 4 is 17.5 Å². The summed E-state index contributed by atoms with van der Waals surface area (Å²) in [6.45, 7) is 1.38. The zero-order valence-corrected chi connectivity index (χ0v) is 11.1. The van der Waals surface area contributed by atoms with Crippen LogP contribution in [0.4, 0.5) is 21.8 Å². The molecule has 2 rings (SSSR count). The SMILES string of the molecule is COCCCNc1nncc(Nc2ccc(F)cc2)n1. The fraction of sp³-hybridized carbons (Fsp3) is 0.308. The van der Waals surface area contributed by atoms with Gasteiger partial charge in [-0.15, -0.1) is 5.10 Å². The Hall–Kier alpha value is -2.28. The molecule has 20 heavy (non-hydrogen) atoms. The quantitative estimate of drug-likeness (QED) is 0.756. The zero-order valence-electron chi connectivity index (χ0n) is 11.1. The number of nitrogens with zero attached hydrogens (tertiary/aromatic N) is 3. The third-order valence-electron chi connectivity index (χ3n) is 2.48. The average molecular weight is 277 g/mol. The lowest BCUT2D eigenvalue weighted by molar-refractivity contribution is 0.197. The number of benzene rings is 1. The van der Waals surface area contributed by atoms with Gasteiger partial charge in [-0.2, -0.15) is 10.1 Å². The Bertz CT molecular complexity index is 535. The van der Waals surface area contributed by atoms with Gasteiger partial charge in [0.05, 0.1) is 6.20 Å². The summed E-state index contributed by atoms with van der Waals surface area (Å²) in [6.07, 6.45) is 2.36. The number of methoxy groups -OCH3 is 1. The first-order valence-electron chi connectivity index (χ1n) is 6.23. The number of aromatic nitrogens is 3. The number of ether oxygens (including phenoxy) is 1. The van der Waals surface area contributed by atoms with Crippen molar-refractivity contribution in [2.24, 2.45) is 0 Å². The van der Waals surface area contributed by atoms with Crippen LogP contribution in [0, 0.1) is 5.82 Å². The first kappa shape index (κ1) is 14.1. The average Bonchev–Trinajstić information content (AvgIpc) is 2.47. The molecule has 2 aromatic rings. The molecule has 6 nitrogen and oxygen atoms in total. The highest BCUT2D eigenvalue weighted by atomic mass is 19.1. The minimum Gasteiger partial charge on any atom is -0.385 e. The van der Waals surface area contributed by atoms with Crippen molar-refractivity contribution in [3.63, 3.8) is 0 Å². The van der Waals surface area contributed by atoms with Crippen molar-refractivity contribution in [1.29, 1.82) is 0 Å². The van der Waals surface area contributed by atoms with Gasteiger partial charge in [0.2, 0.25) is 5.95 Å². The summed E-state index contributed by atoms with van der Waals surface area (Å²) in [6, 6.07) is 6.01. The largest absolute Gasteiger partial charge is 0.385 e. The molecule has 2 N–H and O–H groups in total. The minimum atomic E-state index is -0.281. The molecule has 0 saturated carbocycles. The number of nitrogens with one attached hydrogen (secondary N) is 2. The molecule has 0 aliphatic heterocycles. The second-order valence-electron chi connectivity index (χ2n) is 4.07. The number of anilines is 3. The number of hydrogen-bond donors (Lipinski definition) is 2. The predicted octanol–water partition coefficient (Wildman–Crippen LogP) is 2.20. The molecule has 7 heteroatoms. The zero-order chi connectivity index (χ0) is 14.2. The Balaban J connectivity index is 1.93. The smallest absolute Gasteiger partial charge is 0.244 e. The van der Waals surface area contributed by atoms with Crippen LogP contribution >= 0.6 is 0 Å². The summed E-state index contributed by atoms with van der Waals surface area (Å²) in [7, 11) is 1.66. The Morgan fingerprint density at radius 3 is 2.80 bits per heavy atom. The fourth-order valence-corrected chi connectivity index (χ4v) is 1.54. The Kier molecular flexibility index (Phi) is 5.19. The monoisotopic (exact) mass is 277 g/mol. The molecule has 0 atom stereocenters. The van der Waals surface area contributed by atoms with E-state index in [-0.39, 0.29) is 5.82 Å². The number of rotatable bonds is 7. The van der Waals surface area contributed by atoms with Crippen LogP contribution < -0.4 is 10.6 Å². The maximum atomic E-state index is 12.8. The van der Waals surface area contributed by atoms with Crippen LogP contribution in [0.25, 0.3) is 0 Å². The number of halogens is 1. The van der Waals surface area contributed by atoms with Gasteiger partial charge in [-0.25, -0.2) is 4.39 Å². The van der Waals surface area contributed by atoms with Crippen LogP contribution in [0.5, 0.6) is 0 Å². The van der Waals surface area contributed by atoms with E-state index in [4.69, 9.17) is 4.74 Å².